The quantitative estimate of drug-likeness (QED) is 0.0668. The first-order chi connectivity index (χ1) is 33.9. The van der Waals surface area contributed by atoms with Gasteiger partial charge >= 0.3 is 77.3 Å². The number of para-hydroxylation sites is 4. The summed E-state index contributed by atoms with van der Waals surface area (Å²) in [5.41, 5.74) is 5.67. The number of hydrogen-bond acceptors (Lipinski definition) is 8. The number of fused-ring (bicyclic) bond motifs is 6. The maximum atomic E-state index is 4.66. The monoisotopic (exact) mass is 1140 g/mol. The molecule has 396 valence electrons. The molecular weight excluding hydrogens is 1040 g/mol. The van der Waals surface area contributed by atoms with Crippen molar-refractivity contribution in [2.75, 3.05) is 110 Å². The van der Waals surface area contributed by atoms with Gasteiger partial charge in [-0.2, -0.15) is 41.5 Å². The third-order valence-electron chi connectivity index (χ3n) is 7.59. The summed E-state index contributed by atoms with van der Waals surface area (Å²) < 4.78 is 37.3. The predicted molar refractivity (Wildman–Crippen MR) is 319 cm³/mol. The third kappa shape index (κ3) is 50.1. The Labute approximate surface area is 497 Å². The van der Waals surface area contributed by atoms with Gasteiger partial charge in [0.1, 0.15) is 0 Å². The largest absolute Gasteiger partial charge is 3.00 e. The zero-order chi connectivity index (χ0) is 53.8. The molecule has 0 saturated heterocycles. The number of rotatable bonds is 12. The fourth-order valence-corrected chi connectivity index (χ4v) is 4.66. The molecule has 7 rings (SSSR count). The van der Waals surface area contributed by atoms with Crippen molar-refractivity contribution in [3.05, 3.63) is 174 Å². The van der Waals surface area contributed by atoms with Crippen LogP contribution in [0.5, 0.6) is 0 Å². The van der Waals surface area contributed by atoms with Gasteiger partial charge in [-0.1, -0.05) is 133 Å². The molecule has 0 N–H and O–H groups in total. The van der Waals surface area contributed by atoms with Gasteiger partial charge in [0.2, 0.25) is 0 Å². The van der Waals surface area contributed by atoms with Crippen LogP contribution in [0.15, 0.2) is 127 Å². The number of methoxy groups -OCH3 is 8. The molecule has 7 aromatic rings. The number of aromatic nitrogens is 2. The van der Waals surface area contributed by atoms with Crippen molar-refractivity contribution < 1.29 is 37.9 Å². The molecule has 0 aliphatic heterocycles. The summed E-state index contributed by atoms with van der Waals surface area (Å²) in [7, 11) is 13.2. The number of ether oxygens (including phenoxy) is 8. The molecule has 0 unspecified atom stereocenters. The minimum absolute atomic E-state index is 0. The molecule has 2 aromatic heterocycles. The van der Waals surface area contributed by atoms with E-state index in [4.69, 9.17) is 0 Å². The minimum atomic E-state index is 0. The van der Waals surface area contributed by atoms with Crippen LogP contribution in [0.3, 0.4) is 0 Å². The maximum Gasteiger partial charge on any atom is 3.00 e. The molecule has 0 aliphatic rings. The average molecular weight is 1140 g/mol. The molecule has 0 amide bonds. The van der Waals surface area contributed by atoms with Crippen LogP contribution in [0.25, 0.3) is 43.6 Å². The zero-order valence-electron chi connectivity index (χ0n) is 47.5. The Kier molecular flexibility index (Phi) is 96.7. The Morgan fingerprint density at radius 3 is 0.569 bits per heavy atom. The van der Waals surface area contributed by atoms with Crippen LogP contribution in [-0.2, 0) is 37.9 Å². The van der Waals surface area contributed by atoms with Crippen molar-refractivity contribution in [3.63, 3.8) is 0 Å². The first-order valence-electron chi connectivity index (χ1n) is 22.9. The smallest absolute Gasteiger partial charge is 0.657 e. The van der Waals surface area contributed by atoms with E-state index in [0.717, 1.165) is 22.1 Å². The number of aryl methyl sites for hydroxylation is 1. The van der Waals surface area contributed by atoms with Crippen LogP contribution in [0, 0.1) is 48.5 Å². The van der Waals surface area contributed by atoms with Gasteiger partial charge in [-0.25, -0.2) is 0 Å². The zero-order valence-corrected chi connectivity index (χ0v) is 54.6. The Hall–Kier alpha value is -2.09. The molecule has 0 fully saturated rings. The summed E-state index contributed by atoms with van der Waals surface area (Å²) in [6.45, 7) is 37.6. The van der Waals surface area contributed by atoms with Crippen LogP contribution >= 0.6 is 0 Å². The van der Waals surface area contributed by atoms with Gasteiger partial charge in [0.25, 0.3) is 0 Å². The number of nitrogens with zero attached hydrogens (tertiary/aromatic N) is 2. The molecule has 0 bridgehead atoms. The minimum Gasteiger partial charge on any atom is -0.657 e. The molecule has 0 atom stereocenters. The summed E-state index contributed by atoms with van der Waals surface area (Å²) >= 11 is 0. The molecular formula is C59H94CaGa2N2O8. The SMILES string of the molecule is COCCOC.COCCOC.COCCOC.COCCOC.Cc1ccccc1.[CH2-]C.[CH2-]C.[CH2-]C.[CH2-]C.[CH2-]C.[CH2-]C.[Ca+2].[Ga+3].[Ga+3].c1ccc2c(c1)[n-]c1ccccc12.c1ccc2c(c1)[n-]c1ccccc12. The fourth-order valence-electron chi connectivity index (χ4n) is 4.66. The molecule has 0 saturated carbocycles. The summed E-state index contributed by atoms with van der Waals surface area (Å²) in [5.74, 6) is 0. The van der Waals surface area contributed by atoms with Crippen molar-refractivity contribution in [1.29, 1.82) is 0 Å². The second kappa shape index (κ2) is 77.8. The Morgan fingerprint density at radius 2 is 0.431 bits per heavy atom. The second-order valence-corrected chi connectivity index (χ2v) is 11.9. The van der Waals surface area contributed by atoms with E-state index in [-0.39, 0.29) is 77.3 Å². The molecule has 0 aliphatic carbocycles. The summed E-state index contributed by atoms with van der Waals surface area (Å²) in [4.78, 5) is 9.03. The van der Waals surface area contributed by atoms with Crippen LogP contribution < -0.4 is 9.97 Å². The van der Waals surface area contributed by atoms with E-state index in [2.05, 4.69) is 181 Å². The fraction of sp³-hybridized carbons (Fsp3) is 0.390. The topological polar surface area (TPSA) is 102 Å². The second-order valence-electron chi connectivity index (χ2n) is 11.9. The van der Waals surface area contributed by atoms with E-state index in [1.807, 2.05) is 42.5 Å². The first-order valence-corrected chi connectivity index (χ1v) is 22.9. The third-order valence-corrected chi connectivity index (χ3v) is 7.59. The summed E-state index contributed by atoms with van der Waals surface area (Å²) in [6.07, 6.45) is 0. The molecule has 72 heavy (non-hydrogen) atoms. The van der Waals surface area contributed by atoms with E-state index >= 15 is 0 Å². The van der Waals surface area contributed by atoms with Crippen molar-refractivity contribution in [3.8, 4) is 0 Å². The molecule has 0 spiro atoms. The number of hydrogen-bond donors (Lipinski definition) is 0. The first kappa shape index (κ1) is 89.5. The van der Waals surface area contributed by atoms with E-state index in [1.54, 1.807) is 98.4 Å². The van der Waals surface area contributed by atoms with Crippen LogP contribution in [-0.4, -0.2) is 187 Å². The van der Waals surface area contributed by atoms with Gasteiger partial charge in [0.05, 0.1) is 52.9 Å². The van der Waals surface area contributed by atoms with Crippen molar-refractivity contribution >= 4 is 121 Å². The molecule has 10 nitrogen and oxygen atoms in total. The van der Waals surface area contributed by atoms with E-state index in [0.29, 0.717) is 52.9 Å². The van der Waals surface area contributed by atoms with Crippen LogP contribution in [0.2, 0.25) is 0 Å². The normalized spacial score (nSPS) is 8.35. The van der Waals surface area contributed by atoms with Crippen molar-refractivity contribution in [2.24, 2.45) is 0 Å². The van der Waals surface area contributed by atoms with Gasteiger partial charge < -0.3 is 89.4 Å². The summed E-state index contributed by atoms with van der Waals surface area (Å²) in [6, 6.07) is 43.2. The Bertz CT molecular complexity index is 1700. The van der Waals surface area contributed by atoms with Gasteiger partial charge in [-0.15, -0.1) is 22.1 Å². The summed E-state index contributed by atoms with van der Waals surface area (Å²) in [5, 5.41) is 4.99. The molecule has 13 heteroatoms. The van der Waals surface area contributed by atoms with Gasteiger partial charge in [0, 0.05) is 56.9 Å². The van der Waals surface area contributed by atoms with Crippen molar-refractivity contribution in [1.82, 2.24) is 9.97 Å². The Balaban J connectivity index is -0.0000000904. The Morgan fingerprint density at radius 1 is 0.278 bits per heavy atom. The van der Waals surface area contributed by atoms with Gasteiger partial charge in [-0.3, -0.25) is 0 Å². The van der Waals surface area contributed by atoms with E-state index < -0.39 is 0 Å². The van der Waals surface area contributed by atoms with Crippen molar-refractivity contribution in [2.45, 2.75) is 48.5 Å². The van der Waals surface area contributed by atoms with Crippen LogP contribution in [0.4, 0.5) is 0 Å². The van der Waals surface area contributed by atoms with Crippen LogP contribution in [0.1, 0.15) is 47.1 Å². The molecule has 0 radical (unpaired) electrons. The predicted octanol–water partition coefficient (Wildman–Crippen LogP) is 12.9. The number of benzene rings is 5. The van der Waals surface area contributed by atoms with Gasteiger partial charge in [0.15, 0.2) is 0 Å². The average Bonchev–Trinajstić information content (AvgIpc) is 4.02. The maximum absolute atomic E-state index is 4.66. The molecule has 5 aromatic carbocycles. The van der Waals surface area contributed by atoms with E-state index in [1.165, 1.54) is 27.1 Å². The van der Waals surface area contributed by atoms with Gasteiger partial charge in [-0.05, 0) is 28.5 Å². The van der Waals surface area contributed by atoms with E-state index in [9.17, 15) is 0 Å². The molecule has 2 heterocycles. The standard InChI is InChI=1S/2C12H8N.C7H8.4C4H10O2.6C2H5.Ca.2Ga/c2*1-3-7-11-9(5-1)10-6-2-4-8-12(10)13-11;1-7-5-3-2-4-6-7;4*1-5-3-4-6-2;6*1-2;;;/h2*1-8H;2-6H,1H3;4*3-4H2,1-2H3;6*1H2,2H3;;;/q2*-1;;;;;;6*-1;+2;2*+3.